The van der Waals surface area contributed by atoms with E-state index >= 15 is 0 Å². The average Bonchev–Trinajstić information content (AvgIpc) is 2.70. The summed E-state index contributed by atoms with van der Waals surface area (Å²) in [6.07, 6.45) is -0.657. The Morgan fingerprint density at radius 3 is 2.33 bits per heavy atom. The Bertz CT molecular complexity index is 896. The number of carbonyl (C=O) groups is 3. The van der Waals surface area contributed by atoms with E-state index in [2.05, 4.69) is 29.8 Å². The minimum Gasteiger partial charge on any atom is -0.481 e. The molecule has 0 bridgehead atoms. The first kappa shape index (κ1) is 22.9. The zero-order valence-corrected chi connectivity index (χ0v) is 17.8. The standard InChI is InChI=1S/C23H29N3O4/c1-15(2)20-10-5-6-11-21(20)30-16(3)22(28)24-12-13-25-23(29)18-8-7-9-19(14-18)26-17(4)27/h5-11,14-16H,12-13H2,1-4H3,(H,24,28)(H,25,29)(H,26,27). The lowest BCUT2D eigenvalue weighted by atomic mass is 10.0. The molecule has 0 aliphatic heterocycles. The zero-order valence-electron chi connectivity index (χ0n) is 17.8. The van der Waals surface area contributed by atoms with Crippen molar-refractivity contribution >= 4 is 23.4 Å². The molecule has 3 amide bonds. The van der Waals surface area contributed by atoms with Gasteiger partial charge in [0.25, 0.3) is 11.8 Å². The topological polar surface area (TPSA) is 96.5 Å². The molecule has 1 unspecified atom stereocenters. The molecule has 0 saturated carbocycles. The highest BCUT2D eigenvalue weighted by Gasteiger charge is 2.17. The molecule has 0 fully saturated rings. The van der Waals surface area contributed by atoms with Gasteiger partial charge in [-0.3, -0.25) is 14.4 Å². The Labute approximate surface area is 177 Å². The number of hydrogen-bond donors (Lipinski definition) is 3. The minimum atomic E-state index is -0.657. The summed E-state index contributed by atoms with van der Waals surface area (Å²) < 4.78 is 5.83. The van der Waals surface area contributed by atoms with E-state index in [0.29, 0.717) is 17.0 Å². The largest absolute Gasteiger partial charge is 0.481 e. The Hall–Kier alpha value is -3.35. The average molecular weight is 412 g/mol. The molecule has 0 saturated heterocycles. The Balaban J connectivity index is 1.79. The maximum Gasteiger partial charge on any atom is 0.260 e. The molecule has 7 nitrogen and oxygen atoms in total. The summed E-state index contributed by atoms with van der Waals surface area (Å²) in [7, 11) is 0. The predicted octanol–water partition coefficient (Wildman–Crippen LogP) is 3.08. The van der Waals surface area contributed by atoms with Crippen LogP contribution in [0, 0.1) is 0 Å². The molecule has 160 valence electrons. The van der Waals surface area contributed by atoms with Crippen molar-refractivity contribution in [3.8, 4) is 5.75 Å². The molecule has 7 heteroatoms. The van der Waals surface area contributed by atoms with E-state index in [4.69, 9.17) is 4.74 Å². The molecule has 0 spiro atoms. The summed E-state index contributed by atoms with van der Waals surface area (Å²) in [4.78, 5) is 35.7. The van der Waals surface area contributed by atoms with Crippen molar-refractivity contribution in [3.63, 3.8) is 0 Å². The van der Waals surface area contributed by atoms with Gasteiger partial charge in [-0.15, -0.1) is 0 Å². The molecule has 2 rings (SSSR count). The number of hydrogen-bond acceptors (Lipinski definition) is 4. The molecular weight excluding hydrogens is 382 g/mol. The van der Waals surface area contributed by atoms with Crippen LogP contribution in [-0.2, 0) is 9.59 Å². The van der Waals surface area contributed by atoms with E-state index < -0.39 is 6.10 Å². The quantitative estimate of drug-likeness (QED) is 0.553. The molecule has 0 aliphatic carbocycles. The number of carbonyl (C=O) groups excluding carboxylic acids is 3. The van der Waals surface area contributed by atoms with Crippen LogP contribution >= 0.6 is 0 Å². The van der Waals surface area contributed by atoms with Gasteiger partial charge in [-0.2, -0.15) is 0 Å². The molecule has 2 aromatic rings. The van der Waals surface area contributed by atoms with Crippen molar-refractivity contribution in [1.29, 1.82) is 0 Å². The fraction of sp³-hybridized carbons (Fsp3) is 0.348. The van der Waals surface area contributed by atoms with Crippen LogP contribution in [0.5, 0.6) is 5.75 Å². The van der Waals surface area contributed by atoms with Gasteiger partial charge in [0.2, 0.25) is 5.91 Å². The third kappa shape index (κ3) is 6.92. The molecule has 2 aromatic carbocycles. The summed E-state index contributed by atoms with van der Waals surface area (Å²) >= 11 is 0. The highest BCUT2D eigenvalue weighted by atomic mass is 16.5. The number of benzene rings is 2. The van der Waals surface area contributed by atoms with Crippen LogP contribution in [0.2, 0.25) is 0 Å². The second-order valence-corrected chi connectivity index (χ2v) is 7.26. The number of anilines is 1. The number of para-hydroxylation sites is 1. The first-order valence-corrected chi connectivity index (χ1v) is 9.97. The van der Waals surface area contributed by atoms with Gasteiger partial charge in [-0.05, 0) is 42.7 Å². The van der Waals surface area contributed by atoms with Crippen molar-refractivity contribution in [3.05, 3.63) is 59.7 Å². The highest BCUT2D eigenvalue weighted by Crippen LogP contribution is 2.26. The molecule has 1 atom stereocenters. The van der Waals surface area contributed by atoms with Gasteiger partial charge >= 0.3 is 0 Å². The lowest BCUT2D eigenvalue weighted by Crippen LogP contribution is -2.40. The van der Waals surface area contributed by atoms with Gasteiger partial charge in [0.05, 0.1) is 0 Å². The van der Waals surface area contributed by atoms with Gasteiger partial charge in [0, 0.05) is 31.3 Å². The molecule has 0 aromatic heterocycles. The molecule has 30 heavy (non-hydrogen) atoms. The lowest BCUT2D eigenvalue weighted by Gasteiger charge is -2.18. The fourth-order valence-electron chi connectivity index (χ4n) is 2.86. The van der Waals surface area contributed by atoms with Gasteiger partial charge < -0.3 is 20.7 Å². The first-order chi connectivity index (χ1) is 14.3. The smallest absolute Gasteiger partial charge is 0.260 e. The van der Waals surface area contributed by atoms with Gasteiger partial charge in [-0.25, -0.2) is 0 Å². The zero-order chi connectivity index (χ0) is 22.1. The van der Waals surface area contributed by atoms with Gasteiger partial charge in [-0.1, -0.05) is 38.1 Å². The summed E-state index contributed by atoms with van der Waals surface area (Å²) in [5.74, 6) is 0.239. The van der Waals surface area contributed by atoms with E-state index in [9.17, 15) is 14.4 Å². The number of amides is 3. The van der Waals surface area contributed by atoms with Crippen LogP contribution in [0.25, 0.3) is 0 Å². The van der Waals surface area contributed by atoms with Crippen LogP contribution in [0.15, 0.2) is 48.5 Å². The highest BCUT2D eigenvalue weighted by molar-refractivity contribution is 5.96. The molecular formula is C23H29N3O4. The third-order valence-electron chi connectivity index (χ3n) is 4.37. The van der Waals surface area contributed by atoms with Crippen LogP contribution in [0.1, 0.15) is 49.5 Å². The van der Waals surface area contributed by atoms with E-state index in [-0.39, 0.29) is 36.7 Å². The Kier molecular flexibility index (Phi) is 8.41. The normalized spacial score (nSPS) is 11.5. The maximum atomic E-state index is 12.3. The maximum absolute atomic E-state index is 12.3. The van der Waals surface area contributed by atoms with Crippen molar-refractivity contribution in [1.82, 2.24) is 10.6 Å². The molecule has 3 N–H and O–H groups in total. The van der Waals surface area contributed by atoms with Gasteiger partial charge in [0.1, 0.15) is 5.75 Å². The van der Waals surface area contributed by atoms with Crippen LogP contribution in [0.3, 0.4) is 0 Å². The summed E-state index contributed by atoms with van der Waals surface area (Å²) in [6, 6.07) is 14.3. The van der Waals surface area contributed by atoms with Crippen LogP contribution in [0.4, 0.5) is 5.69 Å². The Morgan fingerprint density at radius 2 is 1.63 bits per heavy atom. The molecule has 0 radical (unpaired) electrons. The minimum absolute atomic E-state index is 0.206. The molecule has 0 aliphatic rings. The summed E-state index contributed by atoms with van der Waals surface area (Å²) in [6.45, 7) is 7.78. The van der Waals surface area contributed by atoms with Crippen molar-refractivity contribution in [2.45, 2.75) is 39.7 Å². The Morgan fingerprint density at radius 1 is 0.933 bits per heavy atom. The summed E-state index contributed by atoms with van der Waals surface area (Å²) in [5.41, 5.74) is 2.02. The van der Waals surface area contributed by atoms with E-state index in [0.717, 1.165) is 5.56 Å². The SMILES string of the molecule is CC(=O)Nc1cccc(C(=O)NCCNC(=O)C(C)Oc2ccccc2C(C)C)c1. The third-order valence-corrected chi connectivity index (χ3v) is 4.37. The monoisotopic (exact) mass is 411 g/mol. The van der Waals surface area contributed by atoms with E-state index in [1.807, 2.05) is 24.3 Å². The second kappa shape index (κ2) is 11.0. The van der Waals surface area contributed by atoms with Crippen molar-refractivity contribution in [2.75, 3.05) is 18.4 Å². The van der Waals surface area contributed by atoms with Crippen LogP contribution in [-0.4, -0.2) is 36.9 Å². The van der Waals surface area contributed by atoms with Crippen LogP contribution < -0.4 is 20.7 Å². The van der Waals surface area contributed by atoms with Gasteiger partial charge in [0.15, 0.2) is 6.10 Å². The van der Waals surface area contributed by atoms with Crippen molar-refractivity contribution in [2.24, 2.45) is 0 Å². The second-order valence-electron chi connectivity index (χ2n) is 7.26. The number of rotatable bonds is 9. The number of ether oxygens (including phenoxy) is 1. The predicted molar refractivity (Wildman–Crippen MR) is 117 cm³/mol. The fourth-order valence-corrected chi connectivity index (χ4v) is 2.86. The van der Waals surface area contributed by atoms with E-state index in [1.54, 1.807) is 31.2 Å². The first-order valence-electron chi connectivity index (χ1n) is 9.97. The van der Waals surface area contributed by atoms with Crippen molar-refractivity contribution < 1.29 is 19.1 Å². The summed E-state index contributed by atoms with van der Waals surface area (Å²) in [5, 5.41) is 8.14. The number of nitrogens with one attached hydrogen (secondary N) is 3. The molecule has 0 heterocycles. The van der Waals surface area contributed by atoms with E-state index in [1.165, 1.54) is 6.92 Å². The lowest BCUT2D eigenvalue weighted by molar-refractivity contribution is -0.127.